The van der Waals surface area contributed by atoms with Crippen LogP contribution in [0.25, 0.3) is 109 Å². The normalized spacial score (nSPS) is 10.0. The zero-order valence-corrected chi connectivity index (χ0v) is 70.1. The number of non-ortho nitro benzene ring substituents is 1. The van der Waals surface area contributed by atoms with Crippen LogP contribution in [0.2, 0.25) is 40.2 Å². The molecule has 0 aliphatic heterocycles. The van der Waals surface area contributed by atoms with Crippen LogP contribution in [0.15, 0.2) is 158 Å². The molecule has 0 atom stereocenters. The van der Waals surface area contributed by atoms with E-state index in [0.29, 0.717) is 64.0 Å². The van der Waals surface area contributed by atoms with Gasteiger partial charge in [0.1, 0.15) is 10.5 Å². The van der Waals surface area contributed by atoms with Crippen molar-refractivity contribution in [2.24, 2.45) is 0 Å². The minimum absolute atomic E-state index is 0. The molecule has 10 aromatic carbocycles. The van der Waals surface area contributed by atoms with E-state index in [4.69, 9.17) is 173 Å². The van der Waals surface area contributed by atoms with Crippen LogP contribution in [0.1, 0.15) is 49.0 Å². The van der Waals surface area contributed by atoms with Crippen molar-refractivity contribution in [3.63, 3.8) is 0 Å². The Balaban J connectivity index is 0.000000284. The number of nitro groups is 2. The van der Waals surface area contributed by atoms with Gasteiger partial charge in [0.25, 0.3) is 33.5 Å². The van der Waals surface area contributed by atoms with Gasteiger partial charge in [0, 0.05) is 166 Å². The monoisotopic (exact) mass is 1900 g/mol. The predicted molar refractivity (Wildman–Crippen MR) is 461 cm³/mol. The summed E-state index contributed by atoms with van der Waals surface area (Å²) in [5, 5.41) is 82.2. The molecule has 15 N–H and O–H groups in total. The Kier molecular flexibility index (Phi) is 37.8. The Bertz CT molecular complexity index is 6070. The number of halogens is 10. The van der Waals surface area contributed by atoms with E-state index in [1.165, 1.54) is 39.8 Å². The fourth-order valence-corrected chi connectivity index (χ4v) is 12.4. The predicted octanol–water partition coefficient (Wildman–Crippen LogP) is 21.9. The molecular formula is C73H63Cl10N13O19Sn. The number of nitrogens with two attached hydrogens (primary N) is 2. The summed E-state index contributed by atoms with van der Waals surface area (Å²) in [4.78, 5) is 114. The molecule has 2 amide bonds. The molecule has 0 spiro atoms. The number of fused-ring (bicyclic) bond motifs is 15. The number of nitrogen functional groups attached to an aromatic ring is 2. The molecule has 0 unspecified atom stereocenters. The van der Waals surface area contributed by atoms with Crippen LogP contribution in [0.3, 0.4) is 0 Å². The van der Waals surface area contributed by atoms with Crippen LogP contribution in [-0.2, 0) is 33.5 Å². The first-order valence-electron chi connectivity index (χ1n) is 31.7. The second-order valence-electron chi connectivity index (χ2n) is 22.8. The Morgan fingerprint density at radius 3 is 1.11 bits per heavy atom. The number of carboxylic acids is 2. The van der Waals surface area contributed by atoms with Gasteiger partial charge in [-0.3, -0.25) is 49.0 Å². The number of H-pyrrole nitrogens is 5. The average Bonchev–Trinajstić information content (AvgIpc) is 1.59. The maximum absolute atomic E-state index is 11.4. The van der Waals surface area contributed by atoms with E-state index < -0.39 is 62.8 Å². The van der Waals surface area contributed by atoms with Gasteiger partial charge in [-0.05, 0) is 133 Å². The number of aromatic amines is 5. The SMILES string of the molecule is C.CC(=O)Nc1c(Cl)cc([N+](=O)[O-])c2[nH]c3ccc(Cl)cc3c12.CC(=O)Nc1c(Cl)ccc2[nH]c3ccc(Cl)cc3c12.CC(=O)O.CC(=O)O.CC(=O)OC(C)=O.Clc1ccc2[nH]c3ccc(Cl)cc3c2c1.Nc1ccc(N)c2c1[nH]c1ccccc12.O=[N+]([O-])O.O=[N+]([O-])O.O=[N+]([O-])c1c(Cl)ccc2[nH]c3ccc(Cl)cc3c12.[Cl][Sn][Cl]. The molecule has 5 heterocycles. The number of carboxylic acid groups (broad SMARTS) is 2. The third-order valence-corrected chi connectivity index (χ3v) is 16.7. The van der Waals surface area contributed by atoms with E-state index in [1.54, 1.807) is 48.5 Å². The van der Waals surface area contributed by atoms with Crippen LogP contribution in [-0.4, -0.2) is 120 Å². The van der Waals surface area contributed by atoms with Crippen molar-refractivity contribution in [1.29, 1.82) is 0 Å². The number of ether oxygens (including phenoxy) is 1. The summed E-state index contributed by atoms with van der Waals surface area (Å²) in [5.74, 6) is -3.28. The summed E-state index contributed by atoms with van der Waals surface area (Å²) < 4.78 is 3.97. The van der Waals surface area contributed by atoms with Crippen molar-refractivity contribution < 1.29 is 74.2 Å². The van der Waals surface area contributed by atoms with Crippen molar-refractivity contribution in [3.8, 4) is 0 Å². The molecule has 32 nitrogen and oxygen atoms in total. The number of benzene rings is 10. The van der Waals surface area contributed by atoms with Crippen LogP contribution < -0.4 is 22.1 Å². The van der Waals surface area contributed by atoms with Crippen LogP contribution in [0.5, 0.6) is 0 Å². The van der Waals surface area contributed by atoms with E-state index in [0.717, 1.165) is 106 Å². The quantitative estimate of drug-likeness (QED) is 0.0194. The summed E-state index contributed by atoms with van der Waals surface area (Å²) >= 11 is 47.3. The number of carbonyl (C=O) groups excluding carboxylic acids is 4. The average molecular weight is 1900 g/mol. The number of hydrogen-bond acceptors (Lipinski definition) is 17. The number of esters is 2. The zero-order valence-electron chi connectivity index (χ0n) is 59.6. The first-order valence-corrected chi connectivity index (χ1v) is 41.9. The molecular weight excluding hydrogens is 1840 g/mol. The Labute approximate surface area is 711 Å². The fraction of sp³-hybridized carbons (Fsp3) is 0.0959. The number of aliphatic carboxylic acids is 2. The van der Waals surface area contributed by atoms with Crippen molar-refractivity contribution >= 4 is 308 Å². The molecule has 608 valence electrons. The molecule has 2 radical (unpaired) electrons. The number of para-hydroxylation sites is 1. The van der Waals surface area contributed by atoms with Gasteiger partial charge in [0.15, 0.2) is 0 Å². The van der Waals surface area contributed by atoms with Crippen molar-refractivity contribution in [3.05, 3.63) is 238 Å². The Morgan fingerprint density at radius 2 is 0.716 bits per heavy atom. The molecule has 0 saturated carbocycles. The number of carbonyl (C=O) groups is 6. The molecule has 15 rings (SSSR count). The minimum atomic E-state index is -1.50. The van der Waals surface area contributed by atoms with E-state index in [9.17, 15) is 39.4 Å². The summed E-state index contributed by atoms with van der Waals surface area (Å²) in [6.07, 6.45) is 0. The fourth-order valence-electron chi connectivity index (χ4n) is 10.8. The van der Waals surface area contributed by atoms with E-state index in [1.807, 2.05) is 97.1 Å². The van der Waals surface area contributed by atoms with Gasteiger partial charge in [0.2, 0.25) is 11.8 Å². The molecule has 15 aromatic rings. The molecule has 0 saturated heterocycles. The maximum atomic E-state index is 11.4. The third kappa shape index (κ3) is 27.7. The summed E-state index contributed by atoms with van der Waals surface area (Å²) in [6, 6.07) is 47.3. The van der Waals surface area contributed by atoms with Gasteiger partial charge < -0.3 is 72.4 Å². The number of amides is 2. The topological polar surface area (TPSA) is 520 Å². The van der Waals surface area contributed by atoms with Gasteiger partial charge in [-0.25, -0.2) is 0 Å². The van der Waals surface area contributed by atoms with Crippen molar-refractivity contribution in [2.45, 2.75) is 49.0 Å². The first kappa shape index (κ1) is 97.1. The summed E-state index contributed by atoms with van der Waals surface area (Å²) in [6.45, 7) is 7.32. The number of aromatic nitrogens is 5. The van der Waals surface area contributed by atoms with Crippen LogP contribution >= 0.6 is 111 Å². The first-order chi connectivity index (χ1) is 54.0. The standard InChI is InChI=1S/C14H9Cl2N3O3.C14H10Cl2N2O.C12H6Cl2N2O2.C12H7Cl2N.C12H11N3.C4H6O3.2C2H4O2.CH4.2ClH.2HNO3.Sn/c1-6(20)17-13-9(16)5-11(19(21)22)14-12(13)8-4-7(15)2-3-10(8)18-14;1-7(19)17-14-10(16)3-5-12-13(14)9-6-8(15)2-4-11(9)18-12;13-6-1-3-9-7(5-6)11-10(15-9)4-2-8(14)12(11)16(17)18;13-7-1-3-11-9(5-7)10-6-8(14)2-4-12(10)15-11;13-8-5-6-9(14)12-11(8)7-3-1-2-4-10(7)15-12;1-3(5)7-4(2)6;2*1-2(3)4;;;;2*2-1(3)4;/h2-5,18H,1H3,(H,17,20);2-6,18H,1H3,(H,17,19);1-5,15H;1-6,15H;1-6,15H,13-14H2;1-2H3;2*1H3,(H,3,4);1H4;2*1H;2*(H,2,3,4);/q;;;;;;;;;;;;;+2/p-2. The van der Waals surface area contributed by atoms with Gasteiger partial charge in [-0.15, -0.1) is 20.2 Å². The third-order valence-electron chi connectivity index (χ3n) is 14.6. The van der Waals surface area contributed by atoms with E-state index in [-0.39, 0.29) is 46.2 Å². The zero-order chi connectivity index (χ0) is 86.2. The van der Waals surface area contributed by atoms with E-state index in [2.05, 4.69) is 40.3 Å². The van der Waals surface area contributed by atoms with Crippen LogP contribution in [0, 0.1) is 40.5 Å². The van der Waals surface area contributed by atoms with Gasteiger partial charge in [-0.2, -0.15) is 0 Å². The second kappa shape index (κ2) is 45.1. The number of nitro benzene ring substituents is 2. The molecule has 0 fully saturated rings. The molecule has 43 heteroatoms. The Morgan fingerprint density at radius 1 is 0.397 bits per heavy atom. The van der Waals surface area contributed by atoms with Gasteiger partial charge >= 0.3 is 48.7 Å². The van der Waals surface area contributed by atoms with Gasteiger partial charge in [-0.1, -0.05) is 118 Å². The molecule has 0 bridgehead atoms. The van der Waals surface area contributed by atoms with Crippen LogP contribution in [0.4, 0.5) is 34.1 Å². The molecule has 0 aliphatic rings. The molecule has 116 heavy (non-hydrogen) atoms. The number of nitrogens with zero attached hydrogens (tertiary/aromatic N) is 4. The van der Waals surface area contributed by atoms with Crippen molar-refractivity contribution in [1.82, 2.24) is 24.9 Å². The second-order valence-corrected chi connectivity index (χ2v) is 30.5. The Hall–Kier alpha value is -11.3. The summed E-state index contributed by atoms with van der Waals surface area (Å²) in [7, 11) is 9.87. The van der Waals surface area contributed by atoms with Crippen molar-refractivity contribution in [2.75, 3.05) is 22.1 Å². The number of rotatable bonds is 4. The number of nitrogens with one attached hydrogen (secondary N) is 7. The van der Waals surface area contributed by atoms with Gasteiger partial charge in [0.05, 0.1) is 53.4 Å². The number of anilines is 4. The van der Waals surface area contributed by atoms with E-state index >= 15 is 0 Å². The number of hydrogen-bond donors (Lipinski definition) is 13. The molecule has 0 aliphatic carbocycles. The molecule has 5 aromatic heterocycles. The summed E-state index contributed by atoms with van der Waals surface area (Å²) in [5.41, 5.74) is 22.5.